The van der Waals surface area contributed by atoms with Crippen LogP contribution in [0.3, 0.4) is 0 Å². The van der Waals surface area contributed by atoms with E-state index < -0.39 is 5.97 Å². The number of rotatable bonds is 2. The minimum Gasteiger partial charge on any atom is -0.478 e. The quantitative estimate of drug-likeness (QED) is 0.796. The van der Waals surface area contributed by atoms with Gasteiger partial charge in [-0.1, -0.05) is 6.07 Å². The first-order chi connectivity index (χ1) is 9.18. The van der Waals surface area contributed by atoms with Crippen LogP contribution in [0.1, 0.15) is 10.4 Å². The molecule has 3 rings (SSSR count). The van der Waals surface area contributed by atoms with Crippen LogP contribution in [0.4, 0.5) is 0 Å². The van der Waals surface area contributed by atoms with Crippen LogP contribution in [-0.4, -0.2) is 47.0 Å². The van der Waals surface area contributed by atoms with Crippen LogP contribution in [0.15, 0.2) is 23.0 Å². The second-order valence-corrected chi connectivity index (χ2v) is 4.31. The van der Waals surface area contributed by atoms with Gasteiger partial charge in [-0.15, -0.1) is 0 Å². The molecule has 0 radical (unpaired) electrons. The number of carboxylic acid groups (broad SMARTS) is 1. The van der Waals surface area contributed by atoms with Crippen molar-refractivity contribution < 1.29 is 14.6 Å². The summed E-state index contributed by atoms with van der Waals surface area (Å²) < 4.78 is 6.65. The number of nitrogens with one attached hydrogen (secondary N) is 1. The van der Waals surface area contributed by atoms with Gasteiger partial charge >= 0.3 is 11.7 Å². The minimum atomic E-state index is -1.05. The van der Waals surface area contributed by atoms with Crippen molar-refractivity contribution in [2.75, 3.05) is 31.3 Å². The molecule has 1 aliphatic rings. The van der Waals surface area contributed by atoms with Crippen molar-refractivity contribution in [3.63, 3.8) is 0 Å². The van der Waals surface area contributed by atoms with E-state index in [-0.39, 0.29) is 11.3 Å². The smallest absolute Gasteiger partial charge is 0.345 e. The molecule has 2 aromatic rings. The summed E-state index contributed by atoms with van der Waals surface area (Å²) in [6.45, 7) is 2.16. The van der Waals surface area contributed by atoms with Crippen molar-refractivity contribution in [1.82, 2.24) is 9.66 Å². The molecule has 0 bridgehead atoms. The van der Waals surface area contributed by atoms with Gasteiger partial charge < -0.3 is 19.8 Å². The molecule has 1 aliphatic heterocycles. The van der Waals surface area contributed by atoms with Crippen molar-refractivity contribution in [3.8, 4) is 0 Å². The summed E-state index contributed by atoms with van der Waals surface area (Å²) in [6, 6.07) is 4.81. The fourth-order valence-corrected chi connectivity index (χ4v) is 2.34. The van der Waals surface area contributed by atoms with E-state index in [1.807, 2.05) is 0 Å². The highest BCUT2D eigenvalue weighted by Gasteiger charge is 2.20. The Kier molecular flexibility index (Phi) is 2.75. The summed E-state index contributed by atoms with van der Waals surface area (Å²) in [6.07, 6.45) is 0. The normalized spacial score (nSPS) is 15.9. The average Bonchev–Trinajstić information content (AvgIpc) is 2.75. The Morgan fingerprint density at radius 2 is 2.05 bits per heavy atom. The second-order valence-electron chi connectivity index (χ2n) is 4.31. The number of carbonyl (C=O) groups is 1. The number of aromatic nitrogens is 2. The van der Waals surface area contributed by atoms with E-state index in [0.29, 0.717) is 37.3 Å². The van der Waals surface area contributed by atoms with Crippen LogP contribution in [0, 0.1) is 0 Å². The Labute approximate surface area is 108 Å². The van der Waals surface area contributed by atoms with E-state index >= 15 is 0 Å². The number of ether oxygens (including phenoxy) is 1. The van der Waals surface area contributed by atoms with Crippen LogP contribution in [-0.2, 0) is 4.74 Å². The third-order valence-electron chi connectivity index (χ3n) is 3.18. The van der Waals surface area contributed by atoms with E-state index in [1.54, 1.807) is 17.1 Å². The zero-order valence-corrected chi connectivity index (χ0v) is 10.1. The molecule has 0 atom stereocenters. The summed E-state index contributed by atoms with van der Waals surface area (Å²) >= 11 is 0. The van der Waals surface area contributed by atoms with E-state index in [2.05, 4.69) is 4.98 Å². The van der Waals surface area contributed by atoms with Gasteiger partial charge in [0.1, 0.15) is 5.52 Å². The lowest BCUT2D eigenvalue weighted by molar-refractivity contribution is 0.0698. The molecule has 0 amide bonds. The number of hydrogen-bond donors (Lipinski definition) is 2. The highest BCUT2D eigenvalue weighted by molar-refractivity contribution is 6.01. The zero-order valence-electron chi connectivity index (χ0n) is 10.1. The third kappa shape index (κ3) is 1.88. The van der Waals surface area contributed by atoms with Gasteiger partial charge in [0.05, 0.1) is 37.4 Å². The molecule has 0 saturated carbocycles. The number of H-pyrrole nitrogens is 1. The molecule has 1 fully saturated rings. The lowest BCUT2D eigenvalue weighted by Crippen LogP contribution is -2.48. The van der Waals surface area contributed by atoms with E-state index in [4.69, 9.17) is 4.74 Å². The summed E-state index contributed by atoms with van der Waals surface area (Å²) in [4.78, 5) is 26.0. The number of fused-ring (bicyclic) bond motifs is 1. The van der Waals surface area contributed by atoms with E-state index in [1.165, 1.54) is 10.7 Å². The standard InChI is InChI=1S/C12H13N3O4/c16-11(17)8-2-1-3-9-10(8)15(12(18)13-9)14-4-6-19-7-5-14/h1-3H,4-7H2,(H,13,18)(H,16,17). The fraction of sp³-hybridized carbons (Fsp3) is 0.333. The molecule has 0 aliphatic carbocycles. The molecule has 1 aromatic heterocycles. The Hall–Kier alpha value is -2.28. The Morgan fingerprint density at radius 1 is 1.32 bits per heavy atom. The largest absolute Gasteiger partial charge is 0.478 e. The van der Waals surface area contributed by atoms with Crippen molar-refractivity contribution in [2.45, 2.75) is 0 Å². The average molecular weight is 263 g/mol. The first-order valence-corrected chi connectivity index (χ1v) is 5.98. The van der Waals surface area contributed by atoms with Gasteiger partial charge in [-0.3, -0.25) is 0 Å². The molecular weight excluding hydrogens is 250 g/mol. The van der Waals surface area contributed by atoms with Crippen LogP contribution < -0.4 is 10.7 Å². The number of benzene rings is 1. The molecule has 2 heterocycles. The number of para-hydroxylation sites is 1. The van der Waals surface area contributed by atoms with Gasteiger partial charge in [-0.05, 0) is 12.1 Å². The maximum Gasteiger partial charge on any atom is 0.345 e. The molecule has 1 aromatic carbocycles. The third-order valence-corrected chi connectivity index (χ3v) is 3.18. The summed E-state index contributed by atoms with van der Waals surface area (Å²) in [5, 5.41) is 11.0. The second kappa shape index (κ2) is 4.43. The lowest BCUT2D eigenvalue weighted by atomic mass is 10.2. The van der Waals surface area contributed by atoms with Crippen molar-refractivity contribution in [3.05, 3.63) is 34.2 Å². The van der Waals surface area contributed by atoms with Crippen molar-refractivity contribution >= 4 is 17.0 Å². The van der Waals surface area contributed by atoms with Gasteiger partial charge in [-0.25, -0.2) is 14.3 Å². The van der Waals surface area contributed by atoms with E-state index in [9.17, 15) is 14.7 Å². The number of aromatic carboxylic acids is 1. The Morgan fingerprint density at radius 3 is 2.74 bits per heavy atom. The number of nitrogens with zero attached hydrogens (tertiary/aromatic N) is 2. The molecule has 100 valence electrons. The number of hydrogen-bond acceptors (Lipinski definition) is 4. The predicted octanol–water partition coefficient (Wildman–Crippen LogP) is -0.00400. The van der Waals surface area contributed by atoms with Crippen molar-refractivity contribution in [1.29, 1.82) is 0 Å². The van der Waals surface area contributed by atoms with Crippen LogP contribution >= 0.6 is 0 Å². The number of imidazole rings is 1. The van der Waals surface area contributed by atoms with Gasteiger partial charge in [-0.2, -0.15) is 0 Å². The summed E-state index contributed by atoms with van der Waals surface area (Å²) in [5.41, 5.74) is 0.714. The van der Waals surface area contributed by atoms with Gasteiger partial charge in [0.25, 0.3) is 0 Å². The predicted molar refractivity (Wildman–Crippen MR) is 68.3 cm³/mol. The van der Waals surface area contributed by atoms with Crippen LogP contribution in [0.5, 0.6) is 0 Å². The molecule has 7 heteroatoms. The maximum atomic E-state index is 12.0. The number of carboxylic acids is 1. The SMILES string of the molecule is O=C(O)c1cccc2[nH]c(=O)n(N3CCOCC3)c12. The molecule has 0 spiro atoms. The Balaban J connectivity index is 2.25. The molecule has 19 heavy (non-hydrogen) atoms. The minimum absolute atomic E-state index is 0.113. The van der Waals surface area contributed by atoms with Crippen LogP contribution in [0.2, 0.25) is 0 Å². The Bertz CT molecular complexity index is 682. The summed E-state index contributed by atoms with van der Waals surface area (Å²) in [7, 11) is 0. The monoisotopic (exact) mass is 263 g/mol. The van der Waals surface area contributed by atoms with E-state index in [0.717, 1.165) is 0 Å². The molecule has 2 N–H and O–H groups in total. The summed E-state index contributed by atoms with van der Waals surface area (Å²) in [5.74, 6) is -1.05. The molecule has 0 unspecified atom stereocenters. The van der Waals surface area contributed by atoms with Gasteiger partial charge in [0.15, 0.2) is 0 Å². The maximum absolute atomic E-state index is 12.0. The highest BCUT2D eigenvalue weighted by Crippen LogP contribution is 2.16. The zero-order chi connectivity index (χ0) is 13.4. The van der Waals surface area contributed by atoms with Gasteiger partial charge in [0.2, 0.25) is 0 Å². The molecule has 7 nitrogen and oxygen atoms in total. The first kappa shape index (κ1) is 11.8. The number of aromatic amines is 1. The fourth-order valence-electron chi connectivity index (χ4n) is 2.34. The topological polar surface area (TPSA) is 87.6 Å². The lowest BCUT2D eigenvalue weighted by Gasteiger charge is -2.29. The highest BCUT2D eigenvalue weighted by atomic mass is 16.5. The van der Waals surface area contributed by atoms with Crippen molar-refractivity contribution in [2.24, 2.45) is 0 Å². The number of morpholine rings is 1. The molecule has 1 saturated heterocycles. The molecular formula is C12H13N3O4. The first-order valence-electron chi connectivity index (χ1n) is 5.98. The van der Waals surface area contributed by atoms with Gasteiger partial charge in [0, 0.05) is 0 Å². The van der Waals surface area contributed by atoms with Crippen LogP contribution in [0.25, 0.3) is 11.0 Å².